The largest absolute Gasteiger partial charge is 0.439 e. The number of halogens is 1. The molecule has 1 aliphatic rings. The molecule has 0 saturated carbocycles. The van der Waals surface area contributed by atoms with Crippen LogP contribution in [-0.4, -0.2) is 15.3 Å². The fraction of sp³-hybridized carbons (Fsp3) is 0.120. The first-order chi connectivity index (χ1) is 15.5. The maximum absolute atomic E-state index is 13.6. The second-order valence-electron chi connectivity index (χ2n) is 7.69. The number of fused-ring (bicyclic) bond motifs is 2. The second-order valence-corrected chi connectivity index (χ2v) is 7.69. The molecule has 1 N–H and O–H groups in total. The van der Waals surface area contributed by atoms with Crippen LogP contribution in [0.5, 0.6) is 11.6 Å². The topological polar surface area (TPSA) is 65.3 Å². The van der Waals surface area contributed by atoms with Gasteiger partial charge in [-0.2, -0.15) is 0 Å². The van der Waals surface area contributed by atoms with Crippen LogP contribution in [0.3, 0.4) is 0 Å². The van der Waals surface area contributed by atoms with E-state index in [-0.39, 0.29) is 23.8 Å². The predicted molar refractivity (Wildman–Crippen MR) is 119 cm³/mol. The van der Waals surface area contributed by atoms with Crippen LogP contribution in [0, 0.1) is 12.7 Å². The lowest BCUT2D eigenvalue weighted by Gasteiger charge is -2.19. The Balaban J connectivity index is 1.55. The molecule has 160 valence electrons. The fourth-order valence-electron chi connectivity index (χ4n) is 3.91. The number of anilines is 1. The first-order valence-electron chi connectivity index (χ1n) is 10.2. The van der Waals surface area contributed by atoms with Gasteiger partial charge >= 0.3 is 0 Å². The van der Waals surface area contributed by atoms with E-state index in [0.717, 1.165) is 5.56 Å². The average molecular weight is 429 g/mol. The van der Waals surface area contributed by atoms with E-state index in [2.05, 4.69) is 5.32 Å². The molecule has 1 aromatic heterocycles. The summed E-state index contributed by atoms with van der Waals surface area (Å²) in [6.07, 6.45) is 0.420. The summed E-state index contributed by atoms with van der Waals surface area (Å²) < 4.78 is 22.7. The molecule has 0 spiro atoms. The van der Waals surface area contributed by atoms with Gasteiger partial charge < -0.3 is 10.1 Å². The van der Waals surface area contributed by atoms with E-state index in [1.807, 2.05) is 42.5 Å². The molecule has 0 fully saturated rings. The molecule has 2 heterocycles. The highest BCUT2D eigenvalue weighted by Gasteiger charge is 2.29. The third kappa shape index (κ3) is 3.47. The highest BCUT2D eigenvalue weighted by atomic mass is 19.1. The Morgan fingerprint density at radius 3 is 2.59 bits per heavy atom. The van der Waals surface area contributed by atoms with Crippen molar-refractivity contribution in [2.45, 2.75) is 19.9 Å². The van der Waals surface area contributed by atoms with Crippen LogP contribution in [0.2, 0.25) is 0 Å². The Bertz CT molecular complexity index is 1390. The maximum Gasteiger partial charge on any atom is 0.278 e. The van der Waals surface area contributed by atoms with Gasteiger partial charge in [0, 0.05) is 12.1 Å². The quantitative estimate of drug-likeness (QED) is 0.460. The molecule has 32 heavy (non-hydrogen) atoms. The van der Waals surface area contributed by atoms with Gasteiger partial charge in [-0.1, -0.05) is 36.4 Å². The van der Waals surface area contributed by atoms with Gasteiger partial charge in [0.05, 0.1) is 11.3 Å². The zero-order valence-corrected chi connectivity index (χ0v) is 17.3. The lowest BCUT2D eigenvalue weighted by molar-refractivity contribution is -0.117. The molecule has 5 rings (SSSR count). The Morgan fingerprint density at radius 1 is 1.06 bits per heavy atom. The standard InChI is InChI=1S/C25H20FN3O3/c1-16-13-18(11-12-21(16)26)27-23(30)15-28-25-20(14-17-7-5-6-10-22(17)32-25)24(31)29(28)19-8-3-2-4-9-19/h2-13H,14-15H2,1H3,(H,27,30). The molecule has 0 atom stereocenters. The smallest absolute Gasteiger partial charge is 0.278 e. The van der Waals surface area contributed by atoms with Gasteiger partial charge in [0.25, 0.3) is 5.56 Å². The summed E-state index contributed by atoms with van der Waals surface area (Å²) in [6, 6.07) is 21.0. The van der Waals surface area contributed by atoms with Crippen LogP contribution < -0.4 is 15.6 Å². The Hall–Kier alpha value is -4.13. The van der Waals surface area contributed by atoms with Crippen LogP contribution in [-0.2, 0) is 17.8 Å². The van der Waals surface area contributed by atoms with E-state index >= 15 is 0 Å². The van der Waals surface area contributed by atoms with Crippen LogP contribution in [0.15, 0.2) is 77.6 Å². The van der Waals surface area contributed by atoms with Crippen molar-refractivity contribution in [1.29, 1.82) is 0 Å². The number of amides is 1. The Morgan fingerprint density at radius 2 is 1.81 bits per heavy atom. The minimum atomic E-state index is -0.360. The van der Waals surface area contributed by atoms with Crippen LogP contribution in [0.1, 0.15) is 16.7 Å². The molecule has 1 aliphatic heterocycles. The molecule has 4 aromatic rings. The SMILES string of the molecule is Cc1cc(NC(=O)Cn2c3c(c(=O)n2-c2ccccc2)Cc2ccccc2O3)ccc1F. The number of ether oxygens (including phenoxy) is 1. The van der Waals surface area contributed by atoms with Crippen molar-refractivity contribution in [2.24, 2.45) is 0 Å². The van der Waals surface area contributed by atoms with Crippen molar-refractivity contribution < 1.29 is 13.9 Å². The number of carbonyl (C=O) groups excluding carboxylic acids is 1. The number of nitrogens with zero attached hydrogens (tertiary/aromatic N) is 2. The number of rotatable bonds is 4. The summed E-state index contributed by atoms with van der Waals surface area (Å²) in [5, 5.41) is 2.77. The van der Waals surface area contributed by atoms with Crippen molar-refractivity contribution in [3.05, 3.63) is 106 Å². The molecule has 0 radical (unpaired) electrons. The molecular formula is C25H20FN3O3. The number of nitrogens with one attached hydrogen (secondary N) is 1. The maximum atomic E-state index is 13.6. The summed E-state index contributed by atoms with van der Waals surface area (Å²) in [5.74, 6) is 0.310. The van der Waals surface area contributed by atoms with E-state index in [0.29, 0.717) is 40.6 Å². The highest BCUT2D eigenvalue weighted by molar-refractivity contribution is 5.90. The number of carbonyl (C=O) groups is 1. The minimum absolute atomic E-state index is 0.155. The lowest BCUT2D eigenvalue weighted by Crippen LogP contribution is -2.27. The van der Waals surface area contributed by atoms with Gasteiger partial charge in [-0.25, -0.2) is 13.8 Å². The molecule has 1 amide bonds. The molecular weight excluding hydrogens is 409 g/mol. The van der Waals surface area contributed by atoms with Crippen molar-refractivity contribution >= 4 is 11.6 Å². The third-order valence-electron chi connectivity index (χ3n) is 5.47. The summed E-state index contributed by atoms with van der Waals surface area (Å²) in [5.41, 5.74) is 2.73. The number of aryl methyl sites for hydroxylation is 1. The van der Waals surface area contributed by atoms with E-state index in [9.17, 15) is 14.0 Å². The van der Waals surface area contributed by atoms with Gasteiger partial charge in [0.2, 0.25) is 11.8 Å². The summed E-state index contributed by atoms with van der Waals surface area (Å²) >= 11 is 0. The van der Waals surface area contributed by atoms with Crippen molar-refractivity contribution in [1.82, 2.24) is 9.36 Å². The van der Waals surface area contributed by atoms with Gasteiger partial charge in [-0.3, -0.25) is 9.59 Å². The minimum Gasteiger partial charge on any atom is -0.439 e. The number of para-hydroxylation sites is 2. The van der Waals surface area contributed by atoms with Crippen molar-refractivity contribution in [2.75, 3.05) is 5.32 Å². The van der Waals surface area contributed by atoms with Crippen molar-refractivity contribution in [3.63, 3.8) is 0 Å². The molecule has 0 unspecified atom stereocenters. The van der Waals surface area contributed by atoms with E-state index in [1.54, 1.807) is 29.8 Å². The number of hydrogen-bond donors (Lipinski definition) is 1. The van der Waals surface area contributed by atoms with Crippen LogP contribution in [0.25, 0.3) is 5.69 Å². The summed E-state index contributed by atoms with van der Waals surface area (Å²) in [7, 11) is 0. The molecule has 6 nitrogen and oxygen atoms in total. The van der Waals surface area contributed by atoms with Gasteiger partial charge in [0.1, 0.15) is 18.1 Å². The van der Waals surface area contributed by atoms with Crippen molar-refractivity contribution in [3.8, 4) is 17.3 Å². The first-order valence-corrected chi connectivity index (χ1v) is 10.2. The highest BCUT2D eigenvalue weighted by Crippen LogP contribution is 2.35. The molecule has 0 aliphatic carbocycles. The monoisotopic (exact) mass is 429 g/mol. The fourth-order valence-corrected chi connectivity index (χ4v) is 3.91. The van der Waals surface area contributed by atoms with E-state index < -0.39 is 0 Å². The third-order valence-corrected chi connectivity index (χ3v) is 5.47. The summed E-state index contributed by atoms with van der Waals surface area (Å²) in [6.45, 7) is 1.48. The zero-order valence-electron chi connectivity index (χ0n) is 17.3. The molecule has 0 bridgehead atoms. The van der Waals surface area contributed by atoms with Gasteiger partial charge in [-0.15, -0.1) is 0 Å². The van der Waals surface area contributed by atoms with Gasteiger partial charge in [0.15, 0.2) is 0 Å². The second kappa shape index (κ2) is 7.85. The Kier molecular flexibility index (Phi) is 4.86. The molecule has 3 aromatic carbocycles. The predicted octanol–water partition coefficient (Wildman–Crippen LogP) is 4.42. The van der Waals surface area contributed by atoms with Gasteiger partial charge in [-0.05, 0) is 54.4 Å². The molecule has 0 saturated heterocycles. The normalized spacial score (nSPS) is 11.9. The van der Waals surface area contributed by atoms with E-state index in [4.69, 9.17) is 4.74 Å². The zero-order chi connectivity index (χ0) is 22.2. The number of aromatic nitrogens is 2. The van der Waals surface area contributed by atoms with Crippen LogP contribution >= 0.6 is 0 Å². The summed E-state index contributed by atoms with van der Waals surface area (Å²) in [4.78, 5) is 26.3. The lowest BCUT2D eigenvalue weighted by atomic mass is 10.0. The number of benzene rings is 3. The first kappa shape index (κ1) is 19.8. The Labute approximate surface area is 183 Å². The van der Waals surface area contributed by atoms with E-state index in [1.165, 1.54) is 16.8 Å². The molecule has 7 heteroatoms. The average Bonchev–Trinajstić information content (AvgIpc) is 3.06. The number of hydrogen-bond acceptors (Lipinski definition) is 3. The van der Waals surface area contributed by atoms with Crippen LogP contribution in [0.4, 0.5) is 10.1 Å².